The zero-order valence-electron chi connectivity index (χ0n) is 12.5. The fourth-order valence-corrected chi connectivity index (χ4v) is 3.72. The van der Waals surface area contributed by atoms with Crippen molar-refractivity contribution in [3.8, 4) is 0 Å². The molecular weight excluding hydrogens is 242 g/mol. The Bertz CT molecular complexity index is 219. The number of thioether (sulfide) groups is 1. The van der Waals surface area contributed by atoms with Gasteiger partial charge in [-0.05, 0) is 44.3 Å². The Morgan fingerprint density at radius 3 is 2.44 bits per heavy atom. The molecule has 1 fully saturated rings. The number of hydrogen-bond acceptors (Lipinski definition) is 3. The third-order valence-electron chi connectivity index (χ3n) is 4.50. The summed E-state index contributed by atoms with van der Waals surface area (Å²) in [7, 11) is 0. The molecule has 108 valence electrons. The summed E-state index contributed by atoms with van der Waals surface area (Å²) < 4.78 is 0. The minimum absolute atomic E-state index is 0.274. The van der Waals surface area contributed by atoms with Crippen LogP contribution in [0.2, 0.25) is 0 Å². The maximum absolute atomic E-state index is 9.34. The predicted octanol–water partition coefficient (Wildman–Crippen LogP) is 3.29. The highest BCUT2D eigenvalue weighted by Gasteiger charge is 2.23. The maximum atomic E-state index is 9.34. The van der Waals surface area contributed by atoms with Crippen LogP contribution in [0.4, 0.5) is 0 Å². The van der Waals surface area contributed by atoms with Gasteiger partial charge in [-0.2, -0.15) is 11.8 Å². The van der Waals surface area contributed by atoms with Crippen molar-refractivity contribution in [3.63, 3.8) is 0 Å². The molecule has 18 heavy (non-hydrogen) atoms. The van der Waals surface area contributed by atoms with Crippen molar-refractivity contribution in [2.45, 2.75) is 70.2 Å². The Morgan fingerprint density at radius 2 is 1.89 bits per heavy atom. The van der Waals surface area contributed by atoms with Gasteiger partial charge in [-0.15, -0.1) is 0 Å². The smallest absolute Gasteiger partial charge is 0.0564 e. The minimum Gasteiger partial charge on any atom is -0.395 e. The molecule has 0 spiro atoms. The molecule has 1 rings (SSSR count). The highest BCUT2D eigenvalue weighted by Crippen LogP contribution is 2.29. The molecule has 0 aromatic heterocycles. The SMILES string of the molecule is CSC(CO)C(C)NC1CCCC(C(C)C)CC1. The topological polar surface area (TPSA) is 32.3 Å². The van der Waals surface area contributed by atoms with E-state index in [1.54, 1.807) is 11.8 Å². The quantitative estimate of drug-likeness (QED) is 0.728. The average molecular weight is 273 g/mol. The van der Waals surface area contributed by atoms with Gasteiger partial charge in [0.05, 0.1) is 6.61 Å². The maximum Gasteiger partial charge on any atom is 0.0564 e. The molecular formula is C15H31NOS. The zero-order chi connectivity index (χ0) is 13.5. The van der Waals surface area contributed by atoms with Gasteiger partial charge in [0.15, 0.2) is 0 Å². The Morgan fingerprint density at radius 1 is 1.17 bits per heavy atom. The summed E-state index contributed by atoms with van der Waals surface area (Å²) >= 11 is 1.76. The molecule has 0 saturated heterocycles. The highest BCUT2D eigenvalue weighted by molar-refractivity contribution is 7.99. The van der Waals surface area contributed by atoms with E-state index in [4.69, 9.17) is 0 Å². The van der Waals surface area contributed by atoms with E-state index in [1.165, 1.54) is 32.1 Å². The van der Waals surface area contributed by atoms with Crippen molar-refractivity contribution in [2.24, 2.45) is 11.8 Å². The third-order valence-corrected chi connectivity index (χ3v) is 5.66. The molecule has 0 aliphatic heterocycles. The number of nitrogens with one attached hydrogen (secondary N) is 1. The predicted molar refractivity (Wildman–Crippen MR) is 82.2 cm³/mol. The summed E-state index contributed by atoms with van der Waals surface area (Å²) in [6, 6.07) is 1.07. The van der Waals surface area contributed by atoms with Gasteiger partial charge in [0.2, 0.25) is 0 Å². The van der Waals surface area contributed by atoms with Crippen molar-refractivity contribution in [1.82, 2.24) is 5.32 Å². The van der Waals surface area contributed by atoms with Crippen LogP contribution < -0.4 is 5.32 Å². The van der Waals surface area contributed by atoms with Crippen LogP contribution in [-0.2, 0) is 0 Å². The molecule has 0 heterocycles. The monoisotopic (exact) mass is 273 g/mol. The zero-order valence-corrected chi connectivity index (χ0v) is 13.3. The molecule has 4 atom stereocenters. The lowest BCUT2D eigenvalue weighted by atomic mass is 9.89. The van der Waals surface area contributed by atoms with E-state index in [0.717, 1.165) is 11.8 Å². The van der Waals surface area contributed by atoms with Gasteiger partial charge in [-0.3, -0.25) is 0 Å². The van der Waals surface area contributed by atoms with E-state index in [-0.39, 0.29) is 6.61 Å². The van der Waals surface area contributed by atoms with Crippen molar-refractivity contribution in [3.05, 3.63) is 0 Å². The number of aliphatic hydroxyl groups excluding tert-OH is 1. The van der Waals surface area contributed by atoms with Gasteiger partial charge in [0.1, 0.15) is 0 Å². The van der Waals surface area contributed by atoms with Gasteiger partial charge in [0, 0.05) is 17.3 Å². The summed E-state index contributed by atoms with van der Waals surface area (Å²) in [5, 5.41) is 13.4. The second-order valence-corrected chi connectivity index (χ2v) is 7.20. The second-order valence-electron chi connectivity index (χ2n) is 6.12. The fraction of sp³-hybridized carbons (Fsp3) is 1.00. The summed E-state index contributed by atoms with van der Waals surface area (Å²) in [6.45, 7) is 7.20. The van der Waals surface area contributed by atoms with Crippen LogP contribution in [0.25, 0.3) is 0 Å². The van der Waals surface area contributed by atoms with E-state index in [2.05, 4.69) is 32.3 Å². The average Bonchev–Trinajstić information content (AvgIpc) is 2.56. The summed E-state index contributed by atoms with van der Waals surface area (Å²) in [5.74, 6) is 1.75. The fourth-order valence-electron chi connectivity index (χ4n) is 3.08. The first-order chi connectivity index (χ1) is 8.58. The van der Waals surface area contributed by atoms with Crippen LogP contribution in [0.3, 0.4) is 0 Å². The van der Waals surface area contributed by atoms with Gasteiger partial charge in [-0.1, -0.05) is 26.7 Å². The van der Waals surface area contributed by atoms with Crippen LogP contribution in [-0.4, -0.2) is 35.3 Å². The van der Waals surface area contributed by atoms with Crippen LogP contribution in [0.1, 0.15) is 52.9 Å². The molecule has 4 unspecified atom stereocenters. The van der Waals surface area contributed by atoms with Crippen LogP contribution in [0, 0.1) is 11.8 Å². The lowest BCUT2D eigenvalue weighted by Crippen LogP contribution is -2.43. The normalized spacial score (nSPS) is 29.0. The first-order valence-electron chi connectivity index (χ1n) is 7.48. The van der Waals surface area contributed by atoms with Gasteiger partial charge in [0.25, 0.3) is 0 Å². The molecule has 0 amide bonds. The molecule has 3 heteroatoms. The Balaban J connectivity index is 2.39. The molecule has 0 radical (unpaired) electrons. The van der Waals surface area contributed by atoms with Crippen LogP contribution >= 0.6 is 11.8 Å². The first kappa shape index (κ1) is 16.3. The van der Waals surface area contributed by atoms with Crippen LogP contribution in [0.15, 0.2) is 0 Å². The summed E-state index contributed by atoms with van der Waals surface area (Å²) in [6.07, 6.45) is 8.82. The van der Waals surface area contributed by atoms with E-state index in [9.17, 15) is 5.11 Å². The number of rotatable bonds is 6. The molecule has 1 saturated carbocycles. The lowest BCUT2D eigenvalue weighted by molar-refractivity contribution is 0.266. The third kappa shape index (κ3) is 5.10. The molecule has 0 bridgehead atoms. The lowest BCUT2D eigenvalue weighted by Gasteiger charge is -2.27. The molecule has 1 aliphatic rings. The first-order valence-corrected chi connectivity index (χ1v) is 8.77. The number of hydrogen-bond donors (Lipinski definition) is 2. The molecule has 0 aromatic rings. The second kappa shape index (κ2) is 8.44. The van der Waals surface area contributed by atoms with Crippen molar-refractivity contribution >= 4 is 11.8 Å². The van der Waals surface area contributed by atoms with Crippen molar-refractivity contribution in [2.75, 3.05) is 12.9 Å². The standard InChI is InChI=1S/C15H31NOS/c1-11(2)13-6-5-7-14(9-8-13)16-12(3)15(10-17)18-4/h11-17H,5-10H2,1-4H3. The van der Waals surface area contributed by atoms with E-state index >= 15 is 0 Å². The molecule has 0 aromatic carbocycles. The van der Waals surface area contributed by atoms with Gasteiger partial charge >= 0.3 is 0 Å². The molecule has 1 aliphatic carbocycles. The van der Waals surface area contributed by atoms with E-state index in [1.807, 2.05) is 0 Å². The van der Waals surface area contributed by atoms with E-state index in [0.29, 0.717) is 17.3 Å². The Kier molecular flexibility index (Phi) is 7.66. The van der Waals surface area contributed by atoms with Crippen molar-refractivity contribution in [1.29, 1.82) is 0 Å². The Hall–Kier alpha value is 0.270. The molecule has 2 N–H and O–H groups in total. The molecule has 2 nitrogen and oxygen atoms in total. The van der Waals surface area contributed by atoms with Gasteiger partial charge in [-0.25, -0.2) is 0 Å². The largest absolute Gasteiger partial charge is 0.395 e. The van der Waals surface area contributed by atoms with Crippen LogP contribution in [0.5, 0.6) is 0 Å². The summed E-state index contributed by atoms with van der Waals surface area (Å²) in [5.41, 5.74) is 0. The number of aliphatic hydroxyl groups is 1. The van der Waals surface area contributed by atoms with Gasteiger partial charge < -0.3 is 10.4 Å². The Labute approximate surface area is 117 Å². The van der Waals surface area contributed by atoms with E-state index < -0.39 is 0 Å². The van der Waals surface area contributed by atoms with Crippen molar-refractivity contribution < 1.29 is 5.11 Å². The highest BCUT2D eigenvalue weighted by atomic mass is 32.2. The summed E-state index contributed by atoms with van der Waals surface area (Å²) in [4.78, 5) is 0. The minimum atomic E-state index is 0.274.